The minimum atomic E-state index is -0.0893. The van der Waals surface area contributed by atoms with Crippen molar-refractivity contribution in [2.45, 2.75) is 6.92 Å². The van der Waals surface area contributed by atoms with Crippen LogP contribution in [0.3, 0.4) is 0 Å². The summed E-state index contributed by atoms with van der Waals surface area (Å²) in [4.78, 5) is 0. The monoisotopic (exact) mass is 330 g/mol. The molecule has 0 aliphatic heterocycles. The Morgan fingerprint density at radius 2 is 1.44 bits per heavy atom. The van der Waals surface area contributed by atoms with Crippen molar-refractivity contribution in [2.75, 3.05) is 13.2 Å². The zero-order valence-electron chi connectivity index (χ0n) is 13.6. The van der Waals surface area contributed by atoms with Crippen LogP contribution in [0.4, 0.5) is 0 Å². The number of aryl methyl sites for hydroxylation is 1. The Labute approximate surface area is 146 Å². The molecule has 0 spiro atoms. The Kier molecular flexibility index (Phi) is 7.55. The van der Waals surface area contributed by atoms with Gasteiger partial charge in [-0.3, -0.25) is 0 Å². The first kappa shape index (κ1) is 19.0. The molecule has 0 atom stereocenters. The minimum Gasteiger partial charge on any atom is -0.498 e. The summed E-state index contributed by atoms with van der Waals surface area (Å²) >= 11 is 0. The van der Waals surface area contributed by atoms with Gasteiger partial charge in [-0.25, -0.2) is 0 Å². The lowest BCUT2D eigenvalue weighted by atomic mass is 10.0. The highest BCUT2D eigenvalue weighted by molar-refractivity contribution is 5.75. The topological polar surface area (TPSA) is 114 Å². The van der Waals surface area contributed by atoms with E-state index in [1.807, 2.05) is 6.92 Å². The largest absolute Gasteiger partial charge is 0.498 e. The molecule has 0 amide bonds. The van der Waals surface area contributed by atoms with Gasteiger partial charge in [-0.05, 0) is 36.8 Å². The molecular formula is C19H14N4O2. The fraction of sp³-hybridized carbons (Fsp3) is 0.158. The second-order valence-corrected chi connectivity index (χ2v) is 4.72. The average molecular weight is 330 g/mol. The van der Waals surface area contributed by atoms with Crippen LogP contribution >= 0.6 is 0 Å². The number of ether oxygens (including phenoxy) is 2. The maximum absolute atomic E-state index is 8.97. The van der Waals surface area contributed by atoms with Crippen LogP contribution < -0.4 is 4.74 Å². The summed E-state index contributed by atoms with van der Waals surface area (Å²) in [6.45, 7) is 5.68. The first-order chi connectivity index (χ1) is 12.1. The summed E-state index contributed by atoms with van der Waals surface area (Å²) in [6, 6.07) is 10.7. The molecule has 0 unspecified atom stereocenters. The van der Waals surface area contributed by atoms with E-state index in [4.69, 9.17) is 30.5 Å². The number of nitrogens with zero attached hydrogens (tertiary/aromatic N) is 4. The van der Waals surface area contributed by atoms with Crippen molar-refractivity contribution >= 4 is 12.2 Å². The highest BCUT2D eigenvalue weighted by Crippen LogP contribution is 2.30. The number of hydrogen-bond donors (Lipinski definition) is 0. The molecule has 122 valence electrons. The van der Waals surface area contributed by atoms with Crippen LogP contribution in [0, 0.1) is 52.2 Å². The Morgan fingerprint density at radius 3 is 1.84 bits per heavy atom. The predicted molar refractivity (Wildman–Crippen MR) is 91.2 cm³/mol. The van der Waals surface area contributed by atoms with E-state index in [2.05, 4.69) is 6.58 Å². The van der Waals surface area contributed by atoms with E-state index in [1.54, 1.807) is 36.4 Å². The van der Waals surface area contributed by atoms with E-state index in [0.29, 0.717) is 16.9 Å². The number of nitriles is 4. The molecule has 6 heteroatoms. The maximum Gasteiger partial charge on any atom is 0.134 e. The van der Waals surface area contributed by atoms with E-state index < -0.39 is 0 Å². The van der Waals surface area contributed by atoms with Gasteiger partial charge in [0.1, 0.15) is 54.4 Å². The van der Waals surface area contributed by atoms with E-state index in [0.717, 1.165) is 5.56 Å². The van der Waals surface area contributed by atoms with E-state index in [-0.39, 0.29) is 24.4 Å². The van der Waals surface area contributed by atoms with Gasteiger partial charge >= 0.3 is 0 Å². The van der Waals surface area contributed by atoms with Crippen molar-refractivity contribution < 1.29 is 9.47 Å². The Bertz CT molecular complexity index is 789. The van der Waals surface area contributed by atoms with Gasteiger partial charge in [-0.2, -0.15) is 21.0 Å². The summed E-state index contributed by atoms with van der Waals surface area (Å²) in [6.07, 6.45) is 4.08. The summed E-state index contributed by atoms with van der Waals surface area (Å²) in [7, 11) is 0. The van der Waals surface area contributed by atoms with Gasteiger partial charge in [-0.1, -0.05) is 6.58 Å². The maximum atomic E-state index is 8.97. The molecule has 1 rings (SSSR count). The Hall–Kier alpha value is -4.00. The van der Waals surface area contributed by atoms with Gasteiger partial charge in [-0.15, -0.1) is 0 Å². The number of rotatable bonds is 7. The molecule has 0 aliphatic rings. The molecule has 1 aromatic rings. The van der Waals surface area contributed by atoms with Crippen LogP contribution in [-0.2, 0) is 4.74 Å². The second kappa shape index (κ2) is 9.90. The van der Waals surface area contributed by atoms with Gasteiger partial charge in [0.05, 0.1) is 6.26 Å². The molecule has 0 heterocycles. The van der Waals surface area contributed by atoms with Gasteiger partial charge in [0, 0.05) is 11.1 Å². The lowest BCUT2D eigenvalue weighted by molar-refractivity contribution is 0.179. The third-order valence-corrected chi connectivity index (χ3v) is 2.94. The van der Waals surface area contributed by atoms with Crippen molar-refractivity contribution in [3.05, 3.63) is 52.8 Å². The van der Waals surface area contributed by atoms with Crippen LogP contribution in [0.5, 0.6) is 5.75 Å². The van der Waals surface area contributed by atoms with Gasteiger partial charge < -0.3 is 9.47 Å². The van der Waals surface area contributed by atoms with Crippen LogP contribution in [0.15, 0.2) is 36.1 Å². The first-order valence-corrected chi connectivity index (χ1v) is 7.13. The average Bonchev–Trinajstić information content (AvgIpc) is 2.62. The van der Waals surface area contributed by atoms with Crippen LogP contribution in [0.2, 0.25) is 0 Å². The van der Waals surface area contributed by atoms with Crippen LogP contribution in [0.1, 0.15) is 16.7 Å². The molecule has 0 aromatic heterocycles. The quantitative estimate of drug-likeness (QED) is 0.430. The van der Waals surface area contributed by atoms with Crippen molar-refractivity contribution in [3.63, 3.8) is 0 Å². The van der Waals surface area contributed by atoms with Crippen LogP contribution in [0.25, 0.3) is 12.2 Å². The second-order valence-electron chi connectivity index (χ2n) is 4.72. The molecular weight excluding hydrogens is 316 g/mol. The highest BCUT2D eigenvalue weighted by atomic mass is 16.5. The van der Waals surface area contributed by atoms with E-state index in [9.17, 15) is 0 Å². The third kappa shape index (κ3) is 5.61. The predicted octanol–water partition coefficient (Wildman–Crippen LogP) is 3.40. The van der Waals surface area contributed by atoms with Crippen molar-refractivity contribution in [2.24, 2.45) is 0 Å². The summed E-state index contributed by atoms with van der Waals surface area (Å²) in [5.74, 6) is 0.351. The highest BCUT2D eigenvalue weighted by Gasteiger charge is 2.11. The molecule has 1 aromatic carbocycles. The van der Waals surface area contributed by atoms with E-state index >= 15 is 0 Å². The molecule has 0 N–H and O–H groups in total. The number of benzene rings is 1. The Morgan fingerprint density at radius 1 is 0.960 bits per heavy atom. The standard InChI is InChI=1S/C19H14N4O2/c1-3-24-4-5-25-19-17(8-15(10-20)11-21)6-14(2)7-18(19)9-16(12-22)13-23/h3,6-9H,1,4-5H2,2H3. The molecule has 0 saturated carbocycles. The fourth-order valence-corrected chi connectivity index (χ4v) is 1.98. The normalized spacial score (nSPS) is 8.52. The number of hydrogen-bond acceptors (Lipinski definition) is 6. The lowest BCUT2D eigenvalue weighted by Crippen LogP contribution is -2.06. The molecule has 6 nitrogen and oxygen atoms in total. The summed E-state index contributed by atoms with van der Waals surface area (Å²) < 4.78 is 10.7. The Balaban J connectivity index is 3.50. The SMILES string of the molecule is C=COCCOc1c(C=C(C#N)C#N)cc(C)cc1C=C(C#N)C#N. The smallest absolute Gasteiger partial charge is 0.134 e. The van der Waals surface area contributed by atoms with Gasteiger partial charge in [0.2, 0.25) is 0 Å². The fourth-order valence-electron chi connectivity index (χ4n) is 1.98. The van der Waals surface area contributed by atoms with E-state index in [1.165, 1.54) is 18.4 Å². The van der Waals surface area contributed by atoms with Crippen molar-refractivity contribution in [1.82, 2.24) is 0 Å². The lowest BCUT2D eigenvalue weighted by Gasteiger charge is -2.14. The zero-order chi connectivity index (χ0) is 18.7. The minimum absolute atomic E-state index is 0.0893. The first-order valence-electron chi connectivity index (χ1n) is 7.13. The summed E-state index contributed by atoms with van der Waals surface area (Å²) in [5, 5.41) is 35.9. The van der Waals surface area contributed by atoms with Gasteiger partial charge in [0.25, 0.3) is 0 Å². The molecule has 0 radical (unpaired) electrons. The van der Waals surface area contributed by atoms with Crippen molar-refractivity contribution in [3.8, 4) is 30.0 Å². The molecule has 0 saturated heterocycles. The van der Waals surface area contributed by atoms with Crippen LogP contribution in [-0.4, -0.2) is 13.2 Å². The molecule has 0 aliphatic carbocycles. The molecule has 25 heavy (non-hydrogen) atoms. The summed E-state index contributed by atoms with van der Waals surface area (Å²) in [5.41, 5.74) is 1.64. The number of allylic oxidation sites excluding steroid dienone is 2. The van der Waals surface area contributed by atoms with Gasteiger partial charge in [0.15, 0.2) is 0 Å². The zero-order valence-corrected chi connectivity index (χ0v) is 13.6. The molecule has 0 fully saturated rings. The third-order valence-electron chi connectivity index (χ3n) is 2.94. The van der Waals surface area contributed by atoms with Crippen molar-refractivity contribution in [1.29, 1.82) is 21.0 Å². The molecule has 0 bridgehead atoms.